The molecular formula is C75H129NO8P+. The highest BCUT2D eigenvalue weighted by Crippen LogP contribution is 2.43. The Balaban J connectivity index is 4.12. The van der Waals surface area contributed by atoms with Gasteiger partial charge in [-0.15, -0.1) is 0 Å². The van der Waals surface area contributed by atoms with Crippen LogP contribution < -0.4 is 0 Å². The molecule has 0 aliphatic heterocycles. The zero-order chi connectivity index (χ0) is 61.9. The van der Waals surface area contributed by atoms with Crippen LogP contribution in [0.25, 0.3) is 0 Å². The minimum atomic E-state index is -4.40. The highest BCUT2D eigenvalue weighted by Gasteiger charge is 2.27. The number of unbranched alkanes of at least 4 members (excludes halogenated alkanes) is 26. The van der Waals surface area contributed by atoms with Crippen molar-refractivity contribution in [2.75, 3.05) is 47.5 Å². The Labute approximate surface area is 523 Å². The van der Waals surface area contributed by atoms with E-state index in [1.54, 1.807) is 0 Å². The van der Waals surface area contributed by atoms with Crippen molar-refractivity contribution in [1.29, 1.82) is 0 Å². The molecule has 0 bridgehead atoms. The van der Waals surface area contributed by atoms with Crippen LogP contribution in [0.5, 0.6) is 0 Å². The smallest absolute Gasteiger partial charge is 0.462 e. The molecule has 0 rings (SSSR count). The summed E-state index contributed by atoms with van der Waals surface area (Å²) in [6.07, 6.45) is 94.0. The Morgan fingerprint density at radius 3 is 1.00 bits per heavy atom. The van der Waals surface area contributed by atoms with E-state index in [0.717, 1.165) is 116 Å². The van der Waals surface area contributed by atoms with Crippen molar-refractivity contribution in [3.8, 4) is 0 Å². The average molecular weight is 1200 g/mol. The lowest BCUT2D eigenvalue weighted by atomic mass is 10.0. The third kappa shape index (κ3) is 69.1. The van der Waals surface area contributed by atoms with E-state index in [0.29, 0.717) is 17.4 Å². The fourth-order valence-corrected chi connectivity index (χ4v) is 9.94. The molecule has 0 aliphatic rings. The largest absolute Gasteiger partial charge is 0.472 e. The first-order valence-corrected chi connectivity index (χ1v) is 35.9. The van der Waals surface area contributed by atoms with Crippen LogP contribution in [-0.4, -0.2) is 74.9 Å². The van der Waals surface area contributed by atoms with Gasteiger partial charge < -0.3 is 18.9 Å². The summed E-state index contributed by atoms with van der Waals surface area (Å²) in [7, 11) is 1.46. The molecule has 0 saturated heterocycles. The van der Waals surface area contributed by atoms with Crippen LogP contribution in [-0.2, 0) is 32.7 Å². The Kier molecular flexibility index (Phi) is 61.7. The molecule has 0 aromatic rings. The zero-order valence-corrected chi connectivity index (χ0v) is 56.2. The highest BCUT2D eigenvalue weighted by molar-refractivity contribution is 7.47. The molecule has 2 atom stereocenters. The number of likely N-dealkylation sites (N-methyl/N-ethyl adjacent to an activating group) is 1. The molecule has 85 heavy (non-hydrogen) atoms. The number of hydrogen-bond donors (Lipinski definition) is 1. The molecule has 1 N–H and O–H groups in total. The van der Waals surface area contributed by atoms with E-state index in [1.807, 2.05) is 21.1 Å². The first-order valence-electron chi connectivity index (χ1n) is 34.4. The Morgan fingerprint density at radius 1 is 0.376 bits per heavy atom. The van der Waals surface area contributed by atoms with Gasteiger partial charge in [0.25, 0.3) is 0 Å². The van der Waals surface area contributed by atoms with E-state index >= 15 is 0 Å². The van der Waals surface area contributed by atoms with Crippen LogP contribution in [0.3, 0.4) is 0 Å². The van der Waals surface area contributed by atoms with Crippen LogP contribution in [0.4, 0.5) is 0 Å². The Morgan fingerprint density at radius 2 is 0.671 bits per heavy atom. The number of carbonyl (C=O) groups is 2. The van der Waals surface area contributed by atoms with Gasteiger partial charge in [0.05, 0.1) is 27.7 Å². The molecule has 10 heteroatoms. The number of carbonyl (C=O) groups excluding carboxylic acids is 2. The molecule has 0 fully saturated rings. The number of allylic oxidation sites excluding steroid dienone is 22. The predicted molar refractivity (Wildman–Crippen MR) is 367 cm³/mol. The standard InChI is InChI=1S/C75H128NO8P/c1-6-8-10-12-14-16-18-20-22-24-26-28-29-30-31-32-33-34-35-36-37-38-39-40-41-42-43-44-45-46-47-48-50-52-54-56-58-60-62-64-66-68-75(78)84-73(72-83-85(79,80)82-70-69-76(3,4)5)71-81-74(77)67-65-63-61-59-57-55-53-51-49-27-25-23-21-19-17-15-13-11-9-7-2/h8,10,14,16,20,22,26,28,30-31,33-34,36-37,39-40,42-43,45-46,48,50,73H,6-7,9,11-13,15,17-19,21,23-25,27,29,32,35,38,41,44,47,49,51-72H2,1-5H3/p+1/b10-8-,16-14-,22-20-,28-26-,31-30-,34-33-,37-36-,40-39-,43-42-,46-45-,50-48-. The van der Waals surface area contributed by atoms with Crippen LogP contribution in [0.2, 0.25) is 0 Å². The molecule has 486 valence electrons. The normalized spacial score (nSPS) is 14.0. The molecule has 0 saturated carbocycles. The highest BCUT2D eigenvalue weighted by atomic mass is 31.2. The minimum Gasteiger partial charge on any atom is -0.462 e. The first kappa shape index (κ1) is 81.2. The summed E-state index contributed by atoms with van der Waals surface area (Å²) in [4.78, 5) is 35.8. The van der Waals surface area contributed by atoms with Gasteiger partial charge in [-0.3, -0.25) is 18.6 Å². The van der Waals surface area contributed by atoms with Crippen molar-refractivity contribution in [1.82, 2.24) is 0 Å². The maximum Gasteiger partial charge on any atom is 0.472 e. The molecule has 2 unspecified atom stereocenters. The van der Waals surface area contributed by atoms with Gasteiger partial charge >= 0.3 is 19.8 Å². The number of hydrogen-bond acceptors (Lipinski definition) is 7. The van der Waals surface area contributed by atoms with Gasteiger partial charge in [0, 0.05) is 12.8 Å². The van der Waals surface area contributed by atoms with Gasteiger partial charge in [0.1, 0.15) is 19.8 Å². The van der Waals surface area contributed by atoms with E-state index in [2.05, 4.69) is 148 Å². The molecule has 0 amide bonds. The summed E-state index contributed by atoms with van der Waals surface area (Å²) in [6.45, 7) is 4.32. The summed E-state index contributed by atoms with van der Waals surface area (Å²) < 4.78 is 34.7. The third-order valence-corrected chi connectivity index (χ3v) is 15.4. The summed E-state index contributed by atoms with van der Waals surface area (Å²) in [5.41, 5.74) is 0. The van der Waals surface area contributed by atoms with Crippen molar-refractivity contribution in [3.63, 3.8) is 0 Å². The van der Waals surface area contributed by atoms with E-state index < -0.39 is 26.5 Å². The molecule has 0 heterocycles. The third-order valence-electron chi connectivity index (χ3n) is 14.4. The summed E-state index contributed by atoms with van der Waals surface area (Å²) >= 11 is 0. The van der Waals surface area contributed by atoms with Crippen molar-refractivity contribution >= 4 is 19.8 Å². The molecule has 0 spiro atoms. The maximum atomic E-state index is 12.9. The number of nitrogens with zero attached hydrogens (tertiary/aromatic N) is 1. The monoisotopic (exact) mass is 1200 g/mol. The zero-order valence-electron chi connectivity index (χ0n) is 55.3. The van der Waals surface area contributed by atoms with E-state index in [4.69, 9.17) is 18.5 Å². The predicted octanol–water partition coefficient (Wildman–Crippen LogP) is 22.4. The summed E-state index contributed by atoms with van der Waals surface area (Å²) in [5, 5.41) is 0. The second-order valence-electron chi connectivity index (χ2n) is 23.8. The fourth-order valence-electron chi connectivity index (χ4n) is 9.20. The van der Waals surface area contributed by atoms with Crippen molar-refractivity contribution < 1.29 is 42.1 Å². The lowest BCUT2D eigenvalue weighted by molar-refractivity contribution is -0.870. The van der Waals surface area contributed by atoms with Crippen molar-refractivity contribution in [3.05, 3.63) is 134 Å². The molecule has 0 aromatic heterocycles. The fraction of sp³-hybridized carbons (Fsp3) is 0.680. The van der Waals surface area contributed by atoms with Crippen LogP contribution in [0, 0.1) is 0 Å². The molecule has 9 nitrogen and oxygen atoms in total. The first-order chi connectivity index (χ1) is 41.5. The minimum absolute atomic E-state index is 0.0248. The SMILES string of the molecule is CC/C=C\C/C=C\C/C=C\C/C=C\C/C=C\C/C=C\C/C=C\C/C=C\C/C=C\C/C=C\C/C=C\CCCCCCCCCC(=O)OC(COC(=O)CCCCCCCCCCCCCCCCCCCCCC)COP(=O)(O)OCC[N+](C)(C)C. The quantitative estimate of drug-likeness (QED) is 0.0211. The number of ether oxygens (including phenoxy) is 2. The Bertz CT molecular complexity index is 1900. The van der Waals surface area contributed by atoms with Gasteiger partial charge in [0.2, 0.25) is 0 Å². The van der Waals surface area contributed by atoms with Gasteiger partial charge in [-0.25, -0.2) is 4.57 Å². The van der Waals surface area contributed by atoms with E-state index in [9.17, 15) is 19.0 Å². The van der Waals surface area contributed by atoms with Crippen molar-refractivity contribution in [2.45, 2.75) is 283 Å². The summed E-state index contributed by atoms with van der Waals surface area (Å²) in [5.74, 6) is -0.808. The molecule has 0 aromatic carbocycles. The van der Waals surface area contributed by atoms with Gasteiger partial charge in [-0.2, -0.15) is 0 Å². The average Bonchev–Trinajstić information content (AvgIpc) is 3.51. The molecular weight excluding hydrogens is 1070 g/mol. The lowest BCUT2D eigenvalue weighted by Crippen LogP contribution is -2.37. The lowest BCUT2D eigenvalue weighted by Gasteiger charge is -2.24. The number of quaternary nitrogens is 1. The second-order valence-corrected chi connectivity index (χ2v) is 25.3. The molecule has 0 aliphatic carbocycles. The van der Waals surface area contributed by atoms with E-state index in [1.165, 1.54) is 128 Å². The summed E-state index contributed by atoms with van der Waals surface area (Å²) in [6, 6.07) is 0. The van der Waals surface area contributed by atoms with Gasteiger partial charge in [-0.05, 0) is 96.3 Å². The topological polar surface area (TPSA) is 108 Å². The second kappa shape index (κ2) is 64.6. The number of phosphoric acid groups is 1. The van der Waals surface area contributed by atoms with Crippen LogP contribution >= 0.6 is 7.82 Å². The van der Waals surface area contributed by atoms with Gasteiger partial charge in [-0.1, -0.05) is 302 Å². The number of phosphoric ester groups is 1. The van der Waals surface area contributed by atoms with Gasteiger partial charge in [0.15, 0.2) is 6.10 Å². The van der Waals surface area contributed by atoms with E-state index in [-0.39, 0.29) is 32.0 Å². The molecule has 0 radical (unpaired) electrons. The number of rotatable bonds is 62. The van der Waals surface area contributed by atoms with Crippen LogP contribution in [0.15, 0.2) is 134 Å². The van der Waals surface area contributed by atoms with Crippen molar-refractivity contribution in [2.24, 2.45) is 0 Å². The van der Waals surface area contributed by atoms with Crippen LogP contribution in [0.1, 0.15) is 277 Å². The Hall–Kier alpha value is -3.85. The maximum absolute atomic E-state index is 12.9. The number of esters is 2.